The Balaban J connectivity index is 1.47. The van der Waals surface area contributed by atoms with Gasteiger partial charge in [-0.05, 0) is 47.5 Å². The van der Waals surface area contributed by atoms with Gasteiger partial charge in [-0.15, -0.1) is 0 Å². The summed E-state index contributed by atoms with van der Waals surface area (Å²) >= 11 is 0. The first-order valence-electron chi connectivity index (χ1n) is 12.1. The summed E-state index contributed by atoms with van der Waals surface area (Å²) in [5, 5.41) is 51.8. The van der Waals surface area contributed by atoms with Crippen molar-refractivity contribution in [3.63, 3.8) is 0 Å². The van der Waals surface area contributed by atoms with E-state index in [0.717, 1.165) is 0 Å². The number of phenolic OH excluding ortho intramolecular Hbond substituents is 5. The molecule has 0 aliphatic carbocycles. The van der Waals surface area contributed by atoms with Gasteiger partial charge in [0.05, 0.1) is 23.5 Å². The first kappa shape index (κ1) is 24.2. The van der Waals surface area contributed by atoms with Crippen LogP contribution in [0.15, 0.2) is 72.8 Å². The molecule has 3 atom stereocenters. The molecule has 0 unspecified atom stereocenters. The molecule has 2 aliphatic heterocycles. The Hall–Kier alpha value is -5.18. The Labute approximate surface area is 221 Å². The second-order valence-electron chi connectivity index (χ2n) is 9.51. The molecule has 196 valence electrons. The third-order valence-corrected chi connectivity index (χ3v) is 7.07. The Bertz CT molecular complexity index is 1620. The van der Waals surface area contributed by atoms with Gasteiger partial charge >= 0.3 is 0 Å². The summed E-state index contributed by atoms with van der Waals surface area (Å²) in [6.07, 6.45) is -1.90. The van der Waals surface area contributed by atoms with Crippen molar-refractivity contribution < 1.29 is 44.6 Å². The van der Waals surface area contributed by atoms with Crippen LogP contribution in [-0.2, 0) is 0 Å². The average Bonchev–Trinajstić information content (AvgIpc) is 2.90. The number of benzene rings is 4. The van der Waals surface area contributed by atoms with Crippen LogP contribution in [0.4, 0.5) is 0 Å². The first-order valence-corrected chi connectivity index (χ1v) is 12.1. The number of aromatic hydroxyl groups is 5. The fourth-order valence-electron chi connectivity index (χ4n) is 5.18. The number of ether oxygens (including phenoxy) is 2. The molecule has 0 amide bonds. The summed E-state index contributed by atoms with van der Waals surface area (Å²) in [5.41, 5.74) is 0.839. The number of rotatable bonds is 3. The van der Waals surface area contributed by atoms with Crippen LogP contribution in [0.3, 0.4) is 0 Å². The van der Waals surface area contributed by atoms with Crippen molar-refractivity contribution in [3.05, 3.63) is 101 Å². The Morgan fingerprint density at radius 1 is 0.667 bits per heavy atom. The summed E-state index contributed by atoms with van der Waals surface area (Å²) < 4.78 is 12.1. The van der Waals surface area contributed by atoms with Crippen LogP contribution >= 0.6 is 0 Å². The second kappa shape index (κ2) is 8.98. The number of carbonyl (C=O) groups is 2. The molecule has 39 heavy (non-hydrogen) atoms. The molecule has 9 nitrogen and oxygen atoms in total. The maximum Gasteiger partial charge on any atom is 0.178 e. The van der Waals surface area contributed by atoms with E-state index >= 15 is 0 Å². The molecule has 6 rings (SSSR count). The van der Waals surface area contributed by atoms with E-state index in [9.17, 15) is 35.1 Å². The van der Waals surface area contributed by atoms with Gasteiger partial charge in [0.15, 0.2) is 11.6 Å². The van der Waals surface area contributed by atoms with Crippen molar-refractivity contribution in [2.75, 3.05) is 0 Å². The summed E-state index contributed by atoms with van der Waals surface area (Å²) in [7, 11) is 0. The highest BCUT2D eigenvalue weighted by atomic mass is 16.5. The average molecular weight is 526 g/mol. The lowest BCUT2D eigenvalue weighted by Gasteiger charge is -2.35. The van der Waals surface area contributed by atoms with E-state index in [1.807, 2.05) is 0 Å². The maximum absolute atomic E-state index is 13.8. The van der Waals surface area contributed by atoms with Crippen LogP contribution in [0.1, 0.15) is 62.0 Å². The number of Topliss-reactive ketones (excluding diaryl/α,β-unsaturated/α-hetero) is 2. The minimum atomic E-state index is -1.28. The molecule has 0 saturated heterocycles. The summed E-state index contributed by atoms with van der Waals surface area (Å²) in [6, 6.07) is 17.3. The monoisotopic (exact) mass is 526 g/mol. The molecule has 4 aromatic carbocycles. The lowest BCUT2D eigenvalue weighted by atomic mass is 9.78. The minimum Gasteiger partial charge on any atom is -0.508 e. The van der Waals surface area contributed by atoms with E-state index < -0.39 is 41.2 Å². The van der Waals surface area contributed by atoms with E-state index in [-0.39, 0.29) is 51.9 Å². The van der Waals surface area contributed by atoms with Crippen LogP contribution in [0.25, 0.3) is 0 Å². The van der Waals surface area contributed by atoms with Crippen LogP contribution in [0.2, 0.25) is 0 Å². The zero-order chi connectivity index (χ0) is 27.4. The molecule has 5 N–H and O–H groups in total. The molecule has 2 aliphatic rings. The quantitative estimate of drug-likeness (QED) is 0.247. The lowest BCUT2D eigenvalue weighted by Crippen LogP contribution is -2.30. The number of phenols is 5. The Kier molecular flexibility index (Phi) is 5.57. The normalized spacial score (nSPS) is 19.9. The number of ketones is 2. The molecule has 4 aromatic rings. The maximum atomic E-state index is 13.8. The first-order chi connectivity index (χ1) is 18.7. The smallest absolute Gasteiger partial charge is 0.178 e. The lowest BCUT2D eigenvalue weighted by molar-refractivity contribution is 0.0764. The molecule has 0 bridgehead atoms. The number of hydrogen-bond donors (Lipinski definition) is 5. The van der Waals surface area contributed by atoms with E-state index in [4.69, 9.17) is 9.47 Å². The predicted molar refractivity (Wildman–Crippen MR) is 137 cm³/mol. The number of carbonyl (C=O) groups excluding carboxylic acids is 2. The molecular formula is C30H22O9. The van der Waals surface area contributed by atoms with E-state index in [1.54, 1.807) is 12.1 Å². The minimum absolute atomic E-state index is 0.0131. The molecule has 0 aromatic heterocycles. The van der Waals surface area contributed by atoms with Gasteiger partial charge in [0.2, 0.25) is 0 Å². The fraction of sp³-hybridized carbons (Fsp3) is 0.133. The van der Waals surface area contributed by atoms with Crippen LogP contribution in [-0.4, -0.2) is 37.1 Å². The molecule has 2 heterocycles. The van der Waals surface area contributed by atoms with Crippen LogP contribution < -0.4 is 9.47 Å². The zero-order valence-electron chi connectivity index (χ0n) is 20.2. The second-order valence-corrected chi connectivity index (χ2v) is 9.51. The highest BCUT2D eigenvalue weighted by Gasteiger charge is 2.44. The van der Waals surface area contributed by atoms with Gasteiger partial charge < -0.3 is 35.0 Å². The van der Waals surface area contributed by atoms with Crippen molar-refractivity contribution in [1.82, 2.24) is 0 Å². The Morgan fingerprint density at radius 2 is 1.28 bits per heavy atom. The molecule has 0 radical (unpaired) electrons. The molecule has 0 spiro atoms. The number of hydrogen-bond acceptors (Lipinski definition) is 9. The molecule has 9 heteroatoms. The van der Waals surface area contributed by atoms with Crippen LogP contribution in [0.5, 0.6) is 40.2 Å². The summed E-state index contributed by atoms with van der Waals surface area (Å²) in [5.74, 6) is -3.31. The SMILES string of the molecule is O=C1C[C@@H](c2ccc(O)cc2)Oc2cc(O)c([C@@H]3C(=O)c4ccc(O)cc4O[C@H]3c3ccc(O)cc3)c(O)c21. The standard InChI is InChI=1S/C30H22O9/c31-16-5-1-14(2-6-16)22-12-20(34)25-24(38-22)13-21(35)26(29(25)37)27-28(36)19-10-9-18(33)11-23(19)39-30(27)15-3-7-17(32)8-4-15/h1-11,13,22,27,30-33,35,37H,12H2/t22-,27+,30-/m0/s1. The third-order valence-electron chi connectivity index (χ3n) is 7.07. The largest absolute Gasteiger partial charge is 0.508 e. The van der Waals surface area contributed by atoms with Gasteiger partial charge in [0, 0.05) is 12.1 Å². The van der Waals surface area contributed by atoms with E-state index in [0.29, 0.717) is 11.1 Å². The molecule has 0 fully saturated rings. The Morgan fingerprint density at radius 3 is 1.95 bits per heavy atom. The molecular weight excluding hydrogens is 504 g/mol. The fourth-order valence-corrected chi connectivity index (χ4v) is 5.18. The van der Waals surface area contributed by atoms with Crippen molar-refractivity contribution in [2.24, 2.45) is 0 Å². The number of fused-ring (bicyclic) bond motifs is 2. The van der Waals surface area contributed by atoms with Gasteiger partial charge in [0.1, 0.15) is 58.0 Å². The highest BCUT2D eigenvalue weighted by Crippen LogP contribution is 2.53. The van der Waals surface area contributed by atoms with Crippen molar-refractivity contribution in [1.29, 1.82) is 0 Å². The molecule has 0 saturated carbocycles. The van der Waals surface area contributed by atoms with Crippen molar-refractivity contribution in [2.45, 2.75) is 24.5 Å². The van der Waals surface area contributed by atoms with Crippen molar-refractivity contribution >= 4 is 11.6 Å². The topological polar surface area (TPSA) is 154 Å². The van der Waals surface area contributed by atoms with E-state index in [2.05, 4.69) is 0 Å². The third kappa shape index (κ3) is 4.04. The summed E-state index contributed by atoms with van der Waals surface area (Å²) in [6.45, 7) is 0. The van der Waals surface area contributed by atoms with Gasteiger partial charge in [-0.1, -0.05) is 24.3 Å². The predicted octanol–water partition coefficient (Wildman–Crippen LogP) is 5.02. The summed E-state index contributed by atoms with van der Waals surface area (Å²) in [4.78, 5) is 27.1. The van der Waals surface area contributed by atoms with Gasteiger partial charge in [-0.3, -0.25) is 9.59 Å². The van der Waals surface area contributed by atoms with Gasteiger partial charge in [-0.2, -0.15) is 0 Å². The van der Waals surface area contributed by atoms with E-state index in [1.165, 1.54) is 60.7 Å². The zero-order valence-corrected chi connectivity index (χ0v) is 20.2. The van der Waals surface area contributed by atoms with Crippen LogP contribution in [0, 0.1) is 0 Å². The van der Waals surface area contributed by atoms with Gasteiger partial charge in [-0.25, -0.2) is 0 Å². The highest BCUT2D eigenvalue weighted by molar-refractivity contribution is 6.08. The van der Waals surface area contributed by atoms with Crippen molar-refractivity contribution in [3.8, 4) is 40.2 Å². The van der Waals surface area contributed by atoms with Gasteiger partial charge in [0.25, 0.3) is 0 Å².